The number of hydrogen-bond donors (Lipinski definition) is 9. The Labute approximate surface area is 382 Å². The van der Waals surface area contributed by atoms with E-state index in [1.165, 1.54) is 42.2 Å². The molecule has 66 heavy (non-hydrogen) atoms. The fourth-order valence-electron chi connectivity index (χ4n) is 8.16. The Bertz CT molecular complexity index is 2720. The first-order chi connectivity index (χ1) is 31.4. The summed E-state index contributed by atoms with van der Waals surface area (Å²) < 4.78 is 31.0. The number of phenols is 1. The minimum atomic E-state index is -4.42. The number of anilines is 1. The zero-order valence-corrected chi connectivity index (χ0v) is 37.7. The number of nitrogens with two attached hydrogens (primary N) is 2. The molecule has 1 aliphatic rings. The van der Waals surface area contributed by atoms with Crippen molar-refractivity contribution in [3.8, 4) is 5.75 Å². The maximum Gasteiger partial charge on any atom is 0.326 e. The van der Waals surface area contributed by atoms with E-state index in [2.05, 4.69) is 30.6 Å². The first kappa shape index (κ1) is 48.3. The molecule has 20 heteroatoms. The van der Waals surface area contributed by atoms with Gasteiger partial charge >= 0.3 is 5.97 Å². The van der Waals surface area contributed by atoms with Crippen molar-refractivity contribution in [2.24, 2.45) is 16.5 Å². The summed E-state index contributed by atoms with van der Waals surface area (Å²) in [7, 11) is -0.746. The third-order valence-electron chi connectivity index (χ3n) is 11.5. The number of rotatable bonds is 20. The van der Waals surface area contributed by atoms with E-state index in [4.69, 9.17) is 11.5 Å². The number of benzene rings is 4. The second-order valence-electron chi connectivity index (χ2n) is 16.5. The summed E-state index contributed by atoms with van der Waals surface area (Å²) in [5.41, 5.74) is 13.8. The predicted octanol–water partition coefficient (Wildman–Crippen LogP) is 1.83. The average molecular weight is 925 g/mol. The van der Waals surface area contributed by atoms with Crippen molar-refractivity contribution in [3.63, 3.8) is 0 Å². The molecule has 0 radical (unpaired) electrons. The molecule has 11 N–H and O–H groups in total. The first-order valence-corrected chi connectivity index (χ1v) is 23.0. The largest absolute Gasteiger partial charge is 0.508 e. The Morgan fingerprint density at radius 3 is 2.24 bits per heavy atom. The smallest absolute Gasteiger partial charge is 0.326 e. The number of aromatic hydroxyl groups is 1. The molecule has 6 rings (SSSR count). The van der Waals surface area contributed by atoms with Crippen LogP contribution < -0.4 is 37.0 Å². The highest BCUT2D eigenvalue weighted by Gasteiger charge is 2.39. The summed E-state index contributed by atoms with van der Waals surface area (Å²) in [6.45, 7) is 1.68. The number of H-pyrrole nitrogens is 1. The number of sulfonamides is 1. The minimum Gasteiger partial charge on any atom is -0.508 e. The maximum absolute atomic E-state index is 14.3. The van der Waals surface area contributed by atoms with Crippen molar-refractivity contribution in [2.75, 3.05) is 32.1 Å². The van der Waals surface area contributed by atoms with Crippen molar-refractivity contribution in [1.29, 1.82) is 0 Å². The number of carbonyl (C=O) groups excluding carboxylic acids is 4. The van der Waals surface area contributed by atoms with Crippen LogP contribution in [0, 0.1) is 0 Å². The number of nitrogens with zero attached hydrogens (tertiary/aromatic N) is 3. The lowest BCUT2D eigenvalue weighted by Gasteiger charge is -2.29. The number of aromatic amines is 1. The van der Waals surface area contributed by atoms with E-state index in [1.54, 1.807) is 30.5 Å². The van der Waals surface area contributed by atoms with Gasteiger partial charge in [-0.05, 0) is 80.5 Å². The number of fused-ring (bicyclic) bond motifs is 2. The number of nitrogens with one attached hydrogen (secondary N) is 5. The minimum absolute atomic E-state index is 0.00741. The molecule has 2 heterocycles. The second kappa shape index (κ2) is 21.2. The van der Waals surface area contributed by atoms with E-state index >= 15 is 0 Å². The standard InChI is InChI=1S/C46H56N10O9S/c1-27(44(61)56-23-9-16-39(56)43(60)53-37(45(62)63)25-29-26-50-34-13-5-4-10-31(29)34)51-41(58)35(14-8-22-49-46(47)48)52-42(59)36(24-28-18-20-30(57)21-19-28)54-66(64,65)40-17-7-11-32-33(40)12-6-15-38(32)55(2)3/h4-7,10-13,15,17-21,26-27,35-37,39,50,54,57H,8-9,14,16,22-25H2,1-3H3,(H,51,58)(H,52,59)(H,53,60)(H,62,63)(H4,47,48,49)/t27-,35-,36-,37-,39-/m0/s1. The van der Waals surface area contributed by atoms with Gasteiger partial charge in [-0.25, -0.2) is 13.2 Å². The van der Waals surface area contributed by atoms with Gasteiger partial charge in [-0.2, -0.15) is 4.72 Å². The average Bonchev–Trinajstić information content (AvgIpc) is 3.94. The molecule has 1 saturated heterocycles. The van der Waals surface area contributed by atoms with E-state index in [9.17, 15) is 42.6 Å². The van der Waals surface area contributed by atoms with Gasteiger partial charge in [-0.3, -0.25) is 24.2 Å². The quantitative estimate of drug-likeness (QED) is 0.0307. The number of guanidine groups is 1. The van der Waals surface area contributed by atoms with Gasteiger partial charge in [0.05, 0.1) is 4.90 Å². The molecule has 0 bridgehead atoms. The SMILES string of the molecule is C[C@H](NC(=O)[C@H](CCCN=C(N)N)NC(=O)[C@H](Cc1ccc(O)cc1)NS(=O)(=O)c1cccc2c(N(C)C)cccc12)C(=O)N1CCC[C@H]1C(=O)N[C@@H](Cc1c[nH]c2ccccc12)C(=O)O. The Morgan fingerprint density at radius 1 is 0.848 bits per heavy atom. The van der Waals surface area contributed by atoms with E-state index in [1.807, 2.05) is 49.3 Å². The van der Waals surface area contributed by atoms with Gasteiger partial charge in [0.2, 0.25) is 33.7 Å². The lowest BCUT2D eigenvalue weighted by Crippen LogP contribution is -2.58. The zero-order valence-electron chi connectivity index (χ0n) is 36.9. The summed E-state index contributed by atoms with van der Waals surface area (Å²) in [5.74, 6) is -4.38. The van der Waals surface area contributed by atoms with E-state index in [0.717, 1.165) is 16.6 Å². The van der Waals surface area contributed by atoms with Crippen LogP contribution in [0.2, 0.25) is 0 Å². The topological polar surface area (TPSA) is 295 Å². The van der Waals surface area contributed by atoms with Gasteiger partial charge in [-0.15, -0.1) is 0 Å². The molecule has 4 aromatic carbocycles. The number of aliphatic carboxylic acids is 1. The zero-order chi connectivity index (χ0) is 47.7. The van der Waals surface area contributed by atoms with Crippen molar-refractivity contribution < 1.29 is 42.6 Å². The molecule has 19 nitrogen and oxygen atoms in total. The number of hydrogen-bond acceptors (Lipinski definition) is 10. The predicted molar refractivity (Wildman–Crippen MR) is 250 cm³/mol. The lowest BCUT2D eigenvalue weighted by atomic mass is 10.0. The first-order valence-electron chi connectivity index (χ1n) is 21.5. The summed E-state index contributed by atoms with van der Waals surface area (Å²) in [6, 6.07) is 17.0. The Hall–Kier alpha value is -7.19. The number of carboxylic acid groups (broad SMARTS) is 1. The molecule has 4 amide bonds. The summed E-state index contributed by atoms with van der Waals surface area (Å²) in [5, 5.41) is 29.8. The highest BCUT2D eigenvalue weighted by molar-refractivity contribution is 7.89. The lowest BCUT2D eigenvalue weighted by molar-refractivity contribution is -0.144. The number of carbonyl (C=O) groups is 5. The van der Waals surface area contributed by atoms with Crippen LogP contribution in [0.1, 0.15) is 43.7 Å². The maximum atomic E-state index is 14.3. The number of amides is 4. The molecular weight excluding hydrogens is 869 g/mol. The number of para-hydroxylation sites is 1. The number of aromatic nitrogens is 1. The molecule has 0 aliphatic carbocycles. The molecule has 0 unspecified atom stereocenters. The van der Waals surface area contributed by atoms with Crippen molar-refractivity contribution in [1.82, 2.24) is 30.6 Å². The molecule has 5 aromatic rings. The van der Waals surface area contributed by atoms with Crippen LogP contribution in [-0.2, 0) is 46.8 Å². The van der Waals surface area contributed by atoms with E-state index in [-0.39, 0.29) is 61.8 Å². The van der Waals surface area contributed by atoms with Crippen molar-refractivity contribution in [2.45, 2.75) is 80.6 Å². The number of aliphatic imine (C=N–C) groups is 1. The molecule has 1 fully saturated rings. The van der Waals surface area contributed by atoms with Crippen molar-refractivity contribution >= 4 is 72.9 Å². The van der Waals surface area contributed by atoms with Crippen LogP contribution in [0.3, 0.4) is 0 Å². The normalized spacial score (nSPS) is 15.6. The highest BCUT2D eigenvalue weighted by Crippen LogP contribution is 2.30. The summed E-state index contributed by atoms with van der Waals surface area (Å²) in [6.07, 6.45) is 2.37. The summed E-state index contributed by atoms with van der Waals surface area (Å²) >= 11 is 0. The van der Waals surface area contributed by atoms with Gasteiger partial charge in [0, 0.05) is 67.2 Å². The monoisotopic (exact) mass is 924 g/mol. The molecule has 0 spiro atoms. The van der Waals surface area contributed by atoms with Crippen LogP contribution in [0.4, 0.5) is 5.69 Å². The van der Waals surface area contributed by atoms with Gasteiger partial charge in [-0.1, -0.05) is 54.6 Å². The number of carboxylic acids is 1. The van der Waals surface area contributed by atoms with E-state index < -0.39 is 69.8 Å². The third kappa shape index (κ3) is 11.7. The molecule has 1 aliphatic heterocycles. The molecular formula is C46H56N10O9S. The third-order valence-corrected chi connectivity index (χ3v) is 13.0. The number of likely N-dealkylation sites (tertiary alicyclic amines) is 1. The highest BCUT2D eigenvalue weighted by atomic mass is 32.2. The van der Waals surface area contributed by atoms with Gasteiger partial charge < -0.3 is 52.4 Å². The fourth-order valence-corrected chi connectivity index (χ4v) is 9.57. The van der Waals surface area contributed by atoms with E-state index in [0.29, 0.717) is 28.3 Å². The molecule has 1 aromatic heterocycles. The van der Waals surface area contributed by atoms with Crippen LogP contribution in [-0.4, -0.2) is 121 Å². The fraction of sp³-hybridized carbons (Fsp3) is 0.348. The Kier molecular flexibility index (Phi) is 15.5. The summed E-state index contributed by atoms with van der Waals surface area (Å²) in [4.78, 5) is 78.5. The Balaban J connectivity index is 1.19. The van der Waals surface area contributed by atoms with Crippen LogP contribution >= 0.6 is 0 Å². The number of phenolic OH excluding ortho intramolecular Hbond substituents is 1. The van der Waals surface area contributed by atoms with Gasteiger partial charge in [0.15, 0.2) is 5.96 Å². The molecule has 5 atom stereocenters. The molecule has 350 valence electrons. The van der Waals surface area contributed by atoms with Crippen LogP contribution in [0.15, 0.2) is 101 Å². The van der Waals surface area contributed by atoms with Gasteiger partial charge in [0.25, 0.3) is 0 Å². The Morgan fingerprint density at radius 2 is 1.53 bits per heavy atom. The van der Waals surface area contributed by atoms with Crippen molar-refractivity contribution in [3.05, 3.63) is 102 Å². The molecule has 0 saturated carbocycles. The van der Waals surface area contributed by atoms with Gasteiger partial charge in [0.1, 0.15) is 36.0 Å². The van der Waals surface area contributed by atoms with Crippen LogP contribution in [0.5, 0.6) is 5.75 Å². The van der Waals surface area contributed by atoms with Crippen LogP contribution in [0.25, 0.3) is 21.7 Å². The second-order valence-corrected chi connectivity index (χ2v) is 18.1.